The molecule has 1 aromatic heterocycles. The number of fused-ring (bicyclic) bond motifs is 5. The predicted molar refractivity (Wildman–Crippen MR) is 74.7 cm³/mol. The molecule has 0 aliphatic heterocycles. The molecule has 1 aliphatic carbocycles. The quantitative estimate of drug-likeness (QED) is 0.532. The number of hydrogen-bond donors (Lipinski definition) is 0. The average molecular weight is 236 g/mol. The highest BCUT2D eigenvalue weighted by Gasteiger charge is 2.20. The highest BCUT2D eigenvalue weighted by molar-refractivity contribution is 7.19. The third-order valence-electron chi connectivity index (χ3n) is 3.58. The van der Waals surface area contributed by atoms with Crippen LogP contribution in [0.1, 0.15) is 10.4 Å². The first-order valence-corrected chi connectivity index (χ1v) is 6.84. The van der Waals surface area contributed by atoms with E-state index in [2.05, 4.69) is 48.5 Å². The Morgan fingerprint density at radius 1 is 0.824 bits per heavy atom. The molecule has 4 rings (SSSR count). The van der Waals surface area contributed by atoms with Crippen LogP contribution in [0, 0.1) is 0 Å². The first kappa shape index (κ1) is 9.43. The Hall–Kier alpha value is -1.60. The van der Waals surface area contributed by atoms with E-state index in [1.54, 1.807) is 4.88 Å². The van der Waals surface area contributed by atoms with E-state index in [1.807, 2.05) is 11.3 Å². The van der Waals surface area contributed by atoms with Crippen molar-refractivity contribution in [2.75, 3.05) is 0 Å². The Bertz CT molecular complexity index is 706. The van der Waals surface area contributed by atoms with Gasteiger partial charge in [-0.2, -0.15) is 0 Å². The number of hydrogen-bond acceptors (Lipinski definition) is 1. The molecule has 0 spiro atoms. The van der Waals surface area contributed by atoms with Gasteiger partial charge >= 0.3 is 0 Å². The maximum Gasteiger partial charge on any atom is 0.0352 e. The second-order valence-electron chi connectivity index (χ2n) is 4.55. The van der Waals surface area contributed by atoms with E-state index < -0.39 is 0 Å². The van der Waals surface area contributed by atoms with Crippen molar-refractivity contribution in [1.29, 1.82) is 0 Å². The van der Waals surface area contributed by atoms with Gasteiger partial charge in [-0.3, -0.25) is 0 Å². The van der Waals surface area contributed by atoms with Crippen LogP contribution in [-0.4, -0.2) is 0 Å². The standard InChI is InChI=1S/C16H12S/c1-2-6-12-11(5-1)9-10-15-16(12)13-7-3-4-8-14(13)17-15/h1-8H,9-10H2. The van der Waals surface area contributed by atoms with E-state index in [1.165, 1.54) is 39.6 Å². The molecular weight excluding hydrogens is 224 g/mol. The molecule has 0 radical (unpaired) electrons. The Labute approximate surface area is 105 Å². The van der Waals surface area contributed by atoms with Crippen molar-refractivity contribution in [3.05, 3.63) is 59.0 Å². The number of rotatable bonds is 0. The fourth-order valence-corrected chi connectivity index (χ4v) is 4.02. The van der Waals surface area contributed by atoms with Gasteiger partial charge in [-0.1, -0.05) is 42.5 Å². The zero-order valence-electron chi connectivity index (χ0n) is 9.44. The van der Waals surface area contributed by atoms with Gasteiger partial charge in [-0.05, 0) is 30.0 Å². The second-order valence-corrected chi connectivity index (χ2v) is 5.69. The van der Waals surface area contributed by atoms with Gasteiger partial charge in [0.25, 0.3) is 0 Å². The lowest BCUT2D eigenvalue weighted by atomic mass is 9.89. The van der Waals surface area contributed by atoms with Crippen molar-refractivity contribution >= 4 is 21.4 Å². The third kappa shape index (κ3) is 1.29. The molecule has 0 amide bonds. The molecule has 0 fully saturated rings. The van der Waals surface area contributed by atoms with Crippen molar-refractivity contribution in [2.24, 2.45) is 0 Å². The maximum atomic E-state index is 2.27. The first-order valence-electron chi connectivity index (χ1n) is 6.02. The Kier molecular flexibility index (Phi) is 1.91. The third-order valence-corrected chi connectivity index (χ3v) is 4.81. The zero-order chi connectivity index (χ0) is 11.2. The summed E-state index contributed by atoms with van der Waals surface area (Å²) in [6.07, 6.45) is 2.39. The average Bonchev–Trinajstić information content (AvgIpc) is 2.77. The molecule has 2 aromatic carbocycles. The van der Waals surface area contributed by atoms with Crippen molar-refractivity contribution in [3.63, 3.8) is 0 Å². The van der Waals surface area contributed by atoms with E-state index in [0.717, 1.165) is 0 Å². The van der Waals surface area contributed by atoms with Crippen LogP contribution in [0.15, 0.2) is 48.5 Å². The fourth-order valence-electron chi connectivity index (χ4n) is 2.80. The minimum Gasteiger partial charge on any atom is -0.140 e. The van der Waals surface area contributed by atoms with Crippen molar-refractivity contribution < 1.29 is 0 Å². The van der Waals surface area contributed by atoms with E-state index in [-0.39, 0.29) is 0 Å². The summed E-state index contributed by atoms with van der Waals surface area (Å²) in [6, 6.07) is 17.6. The van der Waals surface area contributed by atoms with E-state index in [4.69, 9.17) is 0 Å². The molecule has 0 atom stereocenters. The van der Waals surface area contributed by atoms with E-state index >= 15 is 0 Å². The molecule has 0 N–H and O–H groups in total. The van der Waals surface area contributed by atoms with Crippen LogP contribution in [0.3, 0.4) is 0 Å². The summed E-state index contributed by atoms with van der Waals surface area (Å²) in [5, 5.41) is 1.43. The fraction of sp³-hybridized carbons (Fsp3) is 0.125. The summed E-state index contributed by atoms with van der Waals surface area (Å²) < 4.78 is 1.43. The minimum atomic E-state index is 1.19. The van der Waals surface area contributed by atoms with Crippen molar-refractivity contribution in [3.8, 4) is 11.1 Å². The Morgan fingerprint density at radius 3 is 2.65 bits per heavy atom. The Morgan fingerprint density at radius 2 is 1.65 bits per heavy atom. The first-order chi connectivity index (χ1) is 8.43. The van der Waals surface area contributed by atoms with E-state index in [9.17, 15) is 0 Å². The second kappa shape index (κ2) is 3.44. The van der Waals surface area contributed by atoms with Crippen molar-refractivity contribution in [1.82, 2.24) is 0 Å². The smallest absolute Gasteiger partial charge is 0.0352 e. The van der Waals surface area contributed by atoms with Crippen LogP contribution < -0.4 is 0 Å². The molecule has 1 heteroatoms. The van der Waals surface area contributed by atoms with Crippen molar-refractivity contribution in [2.45, 2.75) is 12.8 Å². The molecule has 1 heterocycles. The summed E-state index contributed by atoms with van der Waals surface area (Å²) >= 11 is 1.96. The highest BCUT2D eigenvalue weighted by atomic mass is 32.1. The van der Waals surface area contributed by atoms with E-state index in [0.29, 0.717) is 0 Å². The highest BCUT2D eigenvalue weighted by Crippen LogP contribution is 2.43. The van der Waals surface area contributed by atoms with Crippen LogP contribution in [0.5, 0.6) is 0 Å². The van der Waals surface area contributed by atoms with Gasteiger partial charge < -0.3 is 0 Å². The van der Waals surface area contributed by atoms with Gasteiger partial charge in [0, 0.05) is 20.5 Å². The van der Waals surface area contributed by atoms with Crippen LogP contribution in [0.4, 0.5) is 0 Å². The number of thiophene rings is 1. The normalized spacial score (nSPS) is 13.4. The molecule has 3 aromatic rings. The van der Waals surface area contributed by atoms with Gasteiger partial charge in [0.1, 0.15) is 0 Å². The molecule has 0 unspecified atom stereocenters. The molecule has 82 valence electrons. The van der Waals surface area contributed by atoms with Gasteiger partial charge in [0.2, 0.25) is 0 Å². The molecule has 0 saturated heterocycles. The predicted octanol–water partition coefficient (Wildman–Crippen LogP) is 4.67. The molecule has 17 heavy (non-hydrogen) atoms. The Balaban J connectivity index is 2.14. The van der Waals surface area contributed by atoms with Crippen LogP contribution in [-0.2, 0) is 12.8 Å². The van der Waals surface area contributed by atoms with Crippen LogP contribution >= 0.6 is 11.3 Å². The minimum absolute atomic E-state index is 1.19. The van der Waals surface area contributed by atoms with Gasteiger partial charge in [0.15, 0.2) is 0 Å². The lowest BCUT2D eigenvalue weighted by molar-refractivity contribution is 0.965. The SMILES string of the molecule is c1ccc2c(c1)CCc1sc3ccccc3c1-2. The van der Waals surface area contributed by atoms with Gasteiger partial charge in [-0.25, -0.2) is 0 Å². The number of benzene rings is 2. The largest absolute Gasteiger partial charge is 0.140 e. The summed E-state index contributed by atoms with van der Waals surface area (Å²) in [6.45, 7) is 0. The van der Waals surface area contributed by atoms with Crippen LogP contribution in [0.25, 0.3) is 21.2 Å². The zero-order valence-corrected chi connectivity index (χ0v) is 10.3. The molecule has 0 bridgehead atoms. The topological polar surface area (TPSA) is 0 Å². The number of aryl methyl sites for hydroxylation is 2. The summed E-state index contributed by atoms with van der Waals surface area (Å²) in [5.41, 5.74) is 4.45. The van der Waals surface area contributed by atoms with Gasteiger partial charge in [-0.15, -0.1) is 11.3 Å². The maximum absolute atomic E-state index is 2.27. The summed E-state index contributed by atoms with van der Waals surface area (Å²) in [7, 11) is 0. The summed E-state index contributed by atoms with van der Waals surface area (Å²) in [4.78, 5) is 1.56. The molecule has 1 aliphatic rings. The lowest BCUT2D eigenvalue weighted by Gasteiger charge is -2.16. The molecular formula is C16H12S. The molecule has 0 saturated carbocycles. The monoisotopic (exact) mass is 236 g/mol. The summed E-state index contributed by atoms with van der Waals surface area (Å²) in [5.74, 6) is 0. The van der Waals surface area contributed by atoms with Crippen LogP contribution in [0.2, 0.25) is 0 Å². The molecule has 0 nitrogen and oxygen atoms in total. The van der Waals surface area contributed by atoms with Gasteiger partial charge in [0.05, 0.1) is 0 Å². The lowest BCUT2D eigenvalue weighted by Crippen LogP contribution is -2.00.